The first-order valence-corrected chi connectivity index (χ1v) is 6.95. The number of carbonyl (C=O) groups excluding carboxylic acids is 2. The van der Waals surface area contributed by atoms with Gasteiger partial charge in [-0.15, -0.1) is 0 Å². The smallest absolute Gasteiger partial charge is 0.327 e. The third kappa shape index (κ3) is 3.31. The van der Waals surface area contributed by atoms with Crippen molar-refractivity contribution >= 4 is 11.9 Å². The van der Waals surface area contributed by atoms with Gasteiger partial charge in [-0.25, -0.2) is 0 Å². The lowest BCUT2D eigenvalue weighted by atomic mass is 9.78. The molecular weight excluding hydrogens is 230 g/mol. The fourth-order valence-corrected chi connectivity index (χ4v) is 3.62. The topological polar surface area (TPSA) is 46.6 Å². The largest absolute Gasteiger partial charge is 0.391 e. The highest BCUT2D eigenvalue weighted by Crippen LogP contribution is 2.43. The average molecular weight is 253 g/mol. The number of cyclic esters (lactones) is 2. The van der Waals surface area contributed by atoms with E-state index in [4.69, 9.17) is 0 Å². The molecule has 0 radical (unpaired) electrons. The number of carbonyl (C=O) groups is 2. The maximum absolute atomic E-state index is 11.3. The summed E-state index contributed by atoms with van der Waals surface area (Å²) in [7, 11) is 0. The molecule has 0 atom stereocenters. The van der Waals surface area contributed by atoms with Crippen LogP contribution in [0.5, 0.6) is 0 Å². The summed E-state index contributed by atoms with van der Waals surface area (Å²) in [5.41, 5.74) is 0.312. The van der Waals surface area contributed by atoms with Gasteiger partial charge >= 0.3 is 11.9 Å². The minimum Gasteiger partial charge on any atom is -0.391 e. The number of rotatable bonds is 4. The van der Waals surface area contributed by atoms with E-state index in [0.717, 1.165) is 6.54 Å². The Labute approximate surface area is 109 Å². The van der Waals surface area contributed by atoms with Gasteiger partial charge in [0.15, 0.2) is 0 Å². The molecule has 0 aromatic rings. The molecule has 1 saturated carbocycles. The number of hydrogen-bond donors (Lipinski definition) is 0. The van der Waals surface area contributed by atoms with Crippen LogP contribution in [0.4, 0.5) is 0 Å². The Morgan fingerprint density at radius 2 is 1.72 bits per heavy atom. The van der Waals surface area contributed by atoms with E-state index in [0.29, 0.717) is 11.3 Å². The van der Waals surface area contributed by atoms with E-state index in [1.54, 1.807) is 0 Å². The van der Waals surface area contributed by atoms with Crippen molar-refractivity contribution in [3.8, 4) is 0 Å². The van der Waals surface area contributed by atoms with Gasteiger partial charge in [0, 0.05) is 6.54 Å². The second-order valence-electron chi connectivity index (χ2n) is 6.30. The first kappa shape index (κ1) is 13.5. The minimum absolute atomic E-state index is 0.269. The molecule has 4 heteroatoms. The molecule has 102 valence electrons. The van der Waals surface area contributed by atoms with Crippen molar-refractivity contribution in [2.75, 3.05) is 19.6 Å². The predicted molar refractivity (Wildman–Crippen MR) is 67.9 cm³/mol. The van der Waals surface area contributed by atoms with E-state index >= 15 is 0 Å². The third-order valence-electron chi connectivity index (χ3n) is 4.00. The van der Waals surface area contributed by atoms with Crippen molar-refractivity contribution in [3.63, 3.8) is 0 Å². The lowest BCUT2D eigenvalue weighted by molar-refractivity contribution is -0.167. The van der Waals surface area contributed by atoms with E-state index < -0.39 is 11.9 Å². The monoisotopic (exact) mass is 253 g/mol. The van der Waals surface area contributed by atoms with Crippen LogP contribution in [-0.4, -0.2) is 36.5 Å². The SMILES string of the molecule is CC(C)CC1(CN2CC(=O)OC(=O)C2)CCCC1. The fourth-order valence-electron chi connectivity index (χ4n) is 3.62. The molecule has 0 N–H and O–H groups in total. The molecule has 2 aliphatic rings. The molecule has 2 rings (SSSR count). The highest BCUT2D eigenvalue weighted by atomic mass is 16.6. The van der Waals surface area contributed by atoms with E-state index in [-0.39, 0.29) is 13.1 Å². The summed E-state index contributed by atoms with van der Waals surface area (Å²) in [6.07, 6.45) is 6.19. The first-order chi connectivity index (χ1) is 8.49. The Kier molecular flexibility index (Phi) is 4.05. The van der Waals surface area contributed by atoms with Crippen LogP contribution in [0.2, 0.25) is 0 Å². The van der Waals surface area contributed by atoms with Crippen LogP contribution in [0, 0.1) is 11.3 Å². The van der Waals surface area contributed by atoms with Crippen LogP contribution < -0.4 is 0 Å². The summed E-state index contributed by atoms with van der Waals surface area (Å²) < 4.78 is 4.58. The van der Waals surface area contributed by atoms with Gasteiger partial charge in [-0.1, -0.05) is 26.7 Å². The normalized spacial score (nSPS) is 24.6. The van der Waals surface area contributed by atoms with Crippen molar-refractivity contribution in [2.24, 2.45) is 11.3 Å². The van der Waals surface area contributed by atoms with Crippen LogP contribution in [0.3, 0.4) is 0 Å². The van der Waals surface area contributed by atoms with E-state index in [1.165, 1.54) is 32.1 Å². The number of esters is 2. The molecular formula is C14H23NO3. The molecule has 1 aliphatic carbocycles. The molecule has 4 nitrogen and oxygen atoms in total. The maximum atomic E-state index is 11.3. The van der Waals surface area contributed by atoms with Gasteiger partial charge < -0.3 is 4.74 Å². The summed E-state index contributed by atoms with van der Waals surface area (Å²) in [5, 5.41) is 0. The molecule has 18 heavy (non-hydrogen) atoms. The molecule has 1 aliphatic heterocycles. The zero-order valence-electron chi connectivity index (χ0n) is 11.4. The summed E-state index contributed by atoms with van der Waals surface area (Å²) in [6, 6.07) is 0. The van der Waals surface area contributed by atoms with Gasteiger partial charge in [0.05, 0.1) is 13.1 Å². The van der Waals surface area contributed by atoms with Crippen LogP contribution in [0.25, 0.3) is 0 Å². The number of nitrogens with zero attached hydrogens (tertiary/aromatic N) is 1. The van der Waals surface area contributed by atoms with Crippen LogP contribution >= 0.6 is 0 Å². The van der Waals surface area contributed by atoms with Gasteiger partial charge in [-0.2, -0.15) is 0 Å². The van der Waals surface area contributed by atoms with Crippen molar-refractivity contribution < 1.29 is 14.3 Å². The second kappa shape index (κ2) is 5.39. The molecule has 0 aromatic carbocycles. The quantitative estimate of drug-likeness (QED) is 0.568. The molecule has 0 unspecified atom stereocenters. The Hall–Kier alpha value is -0.900. The predicted octanol–water partition coefficient (Wildman–Crippen LogP) is 1.98. The van der Waals surface area contributed by atoms with Gasteiger partial charge in [0.1, 0.15) is 0 Å². The second-order valence-corrected chi connectivity index (χ2v) is 6.30. The third-order valence-corrected chi connectivity index (χ3v) is 4.00. The molecule has 0 aromatic heterocycles. The zero-order chi connectivity index (χ0) is 13.2. The van der Waals surface area contributed by atoms with Gasteiger partial charge in [0.2, 0.25) is 0 Å². The first-order valence-electron chi connectivity index (χ1n) is 6.95. The maximum Gasteiger partial charge on any atom is 0.327 e. The number of morpholine rings is 1. The molecule has 0 spiro atoms. The Bertz CT molecular complexity index is 316. The molecule has 1 saturated heterocycles. The average Bonchev–Trinajstić information content (AvgIpc) is 2.63. The van der Waals surface area contributed by atoms with Crippen LogP contribution in [0.15, 0.2) is 0 Å². The lowest BCUT2D eigenvalue weighted by Crippen LogP contribution is -2.47. The van der Waals surface area contributed by atoms with Crippen molar-refractivity contribution in [1.29, 1.82) is 0 Å². The standard InChI is InChI=1S/C14H23NO3/c1-11(2)7-14(5-3-4-6-14)10-15-8-12(16)18-13(17)9-15/h11H,3-10H2,1-2H3. The van der Waals surface area contributed by atoms with E-state index in [9.17, 15) is 9.59 Å². The number of ether oxygens (including phenoxy) is 1. The summed E-state index contributed by atoms with van der Waals surface area (Å²) in [6.45, 7) is 5.90. The molecule has 0 bridgehead atoms. The van der Waals surface area contributed by atoms with Crippen molar-refractivity contribution in [2.45, 2.75) is 46.0 Å². The Morgan fingerprint density at radius 3 is 2.22 bits per heavy atom. The summed E-state index contributed by atoms with van der Waals surface area (Å²) >= 11 is 0. The Balaban J connectivity index is 2.00. The number of hydrogen-bond acceptors (Lipinski definition) is 4. The molecule has 1 heterocycles. The van der Waals surface area contributed by atoms with Crippen LogP contribution in [0.1, 0.15) is 46.0 Å². The van der Waals surface area contributed by atoms with Crippen molar-refractivity contribution in [3.05, 3.63) is 0 Å². The molecule has 2 fully saturated rings. The van der Waals surface area contributed by atoms with Gasteiger partial charge in [-0.05, 0) is 30.6 Å². The lowest BCUT2D eigenvalue weighted by Gasteiger charge is -2.37. The molecule has 0 amide bonds. The van der Waals surface area contributed by atoms with Crippen molar-refractivity contribution in [1.82, 2.24) is 4.90 Å². The Morgan fingerprint density at radius 1 is 1.17 bits per heavy atom. The summed E-state index contributed by atoms with van der Waals surface area (Å²) in [5.74, 6) is -0.136. The minimum atomic E-state index is -0.399. The van der Waals surface area contributed by atoms with Gasteiger partial charge in [0.25, 0.3) is 0 Å². The van der Waals surface area contributed by atoms with Gasteiger partial charge in [-0.3, -0.25) is 14.5 Å². The van der Waals surface area contributed by atoms with Crippen LogP contribution in [-0.2, 0) is 14.3 Å². The highest BCUT2D eigenvalue weighted by molar-refractivity contribution is 5.90. The van der Waals surface area contributed by atoms with E-state index in [1.807, 2.05) is 4.90 Å². The van der Waals surface area contributed by atoms with E-state index in [2.05, 4.69) is 18.6 Å². The highest BCUT2D eigenvalue weighted by Gasteiger charge is 2.38. The fraction of sp³-hybridized carbons (Fsp3) is 0.857. The zero-order valence-corrected chi connectivity index (χ0v) is 11.4. The summed E-state index contributed by atoms with van der Waals surface area (Å²) in [4.78, 5) is 24.6.